The largest absolute Gasteiger partial charge is 0.494 e. The second-order valence-electron chi connectivity index (χ2n) is 19.1. The van der Waals surface area contributed by atoms with Crippen molar-refractivity contribution in [1.29, 1.82) is 0 Å². The van der Waals surface area contributed by atoms with Gasteiger partial charge >= 0.3 is 0 Å². The molecule has 1 atom stereocenters. The highest BCUT2D eigenvalue weighted by atomic mass is 35.5. The fraction of sp³-hybridized carbons (Fsp3) is 0.480. The van der Waals surface area contributed by atoms with Gasteiger partial charge in [0.25, 0.3) is 0 Å². The molecule has 19 heteroatoms. The summed E-state index contributed by atoms with van der Waals surface area (Å²) in [6.07, 6.45) is 10.9. The van der Waals surface area contributed by atoms with Gasteiger partial charge in [0.2, 0.25) is 17.8 Å². The Labute approximate surface area is 407 Å². The van der Waals surface area contributed by atoms with Gasteiger partial charge in [0.15, 0.2) is 5.82 Å². The second kappa shape index (κ2) is 20.9. The summed E-state index contributed by atoms with van der Waals surface area (Å²) in [7, 11) is -1.14. The van der Waals surface area contributed by atoms with Gasteiger partial charge in [-0.3, -0.25) is 29.8 Å². The highest BCUT2D eigenvalue weighted by molar-refractivity contribution is 7.71. The van der Waals surface area contributed by atoms with Crippen molar-refractivity contribution in [2.75, 3.05) is 99.8 Å². The number of methoxy groups -OCH3 is 1. The van der Waals surface area contributed by atoms with Crippen molar-refractivity contribution in [2.45, 2.75) is 70.3 Å². The van der Waals surface area contributed by atoms with E-state index in [1.54, 1.807) is 32.8 Å². The van der Waals surface area contributed by atoms with E-state index in [4.69, 9.17) is 21.3 Å². The molecule has 4 saturated heterocycles. The van der Waals surface area contributed by atoms with Gasteiger partial charge in [-0.1, -0.05) is 18.5 Å². The van der Waals surface area contributed by atoms with E-state index in [-0.39, 0.29) is 18.4 Å². The number of carbonyl (C=O) groups is 2. The van der Waals surface area contributed by atoms with Crippen molar-refractivity contribution in [3.05, 3.63) is 82.8 Å². The fourth-order valence-electron chi connectivity index (χ4n) is 10.6. The maximum Gasteiger partial charge on any atom is 0.234 e. The van der Waals surface area contributed by atoms with Crippen LogP contribution in [0.5, 0.6) is 5.75 Å². The maximum atomic E-state index is 15.2. The van der Waals surface area contributed by atoms with Crippen LogP contribution in [0.1, 0.15) is 68.9 Å². The molecule has 69 heavy (non-hydrogen) atoms. The number of piperidine rings is 3. The number of amides is 2. The molecule has 366 valence electrons. The monoisotopic (exact) mass is 983 g/mol. The quantitative estimate of drug-likeness (QED) is 0.0724. The molecular weight excluding hydrogens is 923 g/mol. The molecule has 3 N–H and O–H groups in total. The summed E-state index contributed by atoms with van der Waals surface area (Å²) in [5, 5.41) is 9.74. The molecule has 0 aliphatic carbocycles. The van der Waals surface area contributed by atoms with Crippen molar-refractivity contribution in [2.24, 2.45) is 5.92 Å². The number of hydrogen-bond donors (Lipinski definition) is 3. The van der Waals surface area contributed by atoms with Crippen LogP contribution in [0, 0.1) is 17.6 Å². The smallest absolute Gasteiger partial charge is 0.234 e. The number of hydrogen-bond acceptors (Lipinski definition) is 14. The number of aryl methyl sites for hydroxylation is 1. The highest BCUT2D eigenvalue weighted by Crippen LogP contribution is 2.42. The molecule has 2 amide bonds. The van der Waals surface area contributed by atoms with Crippen molar-refractivity contribution in [3.8, 4) is 5.75 Å². The third-order valence-electron chi connectivity index (χ3n) is 14.4. The highest BCUT2D eigenvalue weighted by Gasteiger charge is 2.34. The lowest BCUT2D eigenvalue weighted by Crippen LogP contribution is -2.53. The zero-order valence-electron chi connectivity index (χ0n) is 39.7. The molecule has 15 nitrogen and oxygen atoms in total. The zero-order valence-corrected chi connectivity index (χ0v) is 41.4. The number of nitrogens with one attached hydrogen (secondary N) is 3. The van der Waals surface area contributed by atoms with Gasteiger partial charge in [0.05, 0.1) is 41.4 Å². The summed E-state index contributed by atoms with van der Waals surface area (Å²) in [5.41, 5.74) is 5.16. The number of piperazine rings is 1. The molecule has 3 aromatic carbocycles. The average molecular weight is 985 g/mol. The predicted octanol–water partition coefficient (Wildman–Crippen LogP) is 8.07. The van der Waals surface area contributed by atoms with Crippen LogP contribution in [-0.2, 0) is 20.6 Å². The van der Waals surface area contributed by atoms with Gasteiger partial charge in [-0.05, 0) is 107 Å². The molecule has 2 aromatic heterocycles. The maximum absolute atomic E-state index is 15.2. The minimum absolute atomic E-state index is 0.0688. The Morgan fingerprint density at radius 3 is 2.25 bits per heavy atom. The molecule has 4 aliphatic rings. The summed E-state index contributed by atoms with van der Waals surface area (Å²) in [4.78, 5) is 51.8. The Morgan fingerprint density at radius 2 is 1.57 bits per heavy atom. The van der Waals surface area contributed by atoms with Crippen LogP contribution < -0.4 is 35.8 Å². The molecule has 4 fully saturated rings. The molecule has 0 bridgehead atoms. The Hall–Kier alpha value is -5.48. The lowest BCUT2D eigenvalue weighted by molar-refractivity contribution is -0.134. The number of aromatic nitrogens is 4. The number of nitrogens with zero attached hydrogens (tertiary/aromatic N) is 8. The summed E-state index contributed by atoms with van der Waals surface area (Å²) in [5.74, 6) is -1.59. The molecule has 9 rings (SSSR count). The Morgan fingerprint density at radius 1 is 0.855 bits per heavy atom. The summed E-state index contributed by atoms with van der Waals surface area (Å²) < 4.78 is 49.9. The van der Waals surface area contributed by atoms with E-state index in [0.29, 0.717) is 62.2 Å². The average Bonchev–Trinajstić information content (AvgIpc) is 3.34. The van der Waals surface area contributed by atoms with Crippen LogP contribution in [0.2, 0.25) is 5.02 Å². The predicted molar refractivity (Wildman–Crippen MR) is 269 cm³/mol. The molecule has 6 heterocycles. The minimum Gasteiger partial charge on any atom is -0.494 e. The van der Waals surface area contributed by atoms with E-state index in [1.807, 2.05) is 17.0 Å². The standard InChI is InChI=1S/C50H61ClF2N11O4P/c1-5-32-26-41(58-50-56-30-36(51)48(60-50)57-40-8-7-39-46(55-16-15-54-39)47(40)69(3,4)67)43(68-2)29-42(32)64-20-13-33(14-21-64)63-24-22-61(23-25-63)17-10-31-11-18-62(19-12-31)34-27-37(52)45(38(53)28-34)35-6-9-44(65)59-49(35)66/h7-8,15-16,26-31,33,35H,5-6,9-14,17-25H2,1-4H3,(H,59,65,66)(H2,56,57,58,60). The SMILES string of the molecule is CCc1cc(Nc2ncc(Cl)c(Nc3ccc4nccnc4c3P(C)(C)=O)n2)c(OC)cc1N1CCC(N2CCN(CCC3CCN(c4cc(F)c(C5CCC(=O)NC5=O)c(F)c4)CC3)CC2)CC1. The first-order valence-electron chi connectivity index (χ1n) is 24.1. The van der Waals surface area contributed by atoms with Gasteiger partial charge in [-0.25, -0.2) is 13.8 Å². The third-order valence-corrected chi connectivity index (χ3v) is 16.2. The molecule has 0 spiro atoms. The number of rotatable bonds is 14. The van der Waals surface area contributed by atoms with Crippen LogP contribution >= 0.6 is 18.7 Å². The Bertz CT molecular complexity index is 2730. The van der Waals surface area contributed by atoms with Gasteiger partial charge < -0.3 is 34.6 Å². The number of ether oxygens (including phenoxy) is 1. The number of carbonyl (C=O) groups excluding carboxylic acids is 2. The second-order valence-corrected chi connectivity index (χ2v) is 22.6. The number of benzene rings is 3. The number of halogens is 3. The minimum atomic E-state index is -2.81. The van der Waals surface area contributed by atoms with Crippen LogP contribution in [0.15, 0.2) is 55.0 Å². The van der Waals surface area contributed by atoms with E-state index in [9.17, 15) is 14.2 Å². The van der Waals surface area contributed by atoms with Crippen LogP contribution in [0.25, 0.3) is 11.0 Å². The van der Waals surface area contributed by atoms with Crippen LogP contribution in [-0.4, -0.2) is 127 Å². The lowest BCUT2D eigenvalue weighted by atomic mass is 9.89. The van der Waals surface area contributed by atoms with Gasteiger partial charge in [-0.2, -0.15) is 4.98 Å². The van der Waals surface area contributed by atoms with Crippen molar-refractivity contribution >= 4 is 81.4 Å². The van der Waals surface area contributed by atoms with E-state index in [0.717, 1.165) is 103 Å². The summed E-state index contributed by atoms with van der Waals surface area (Å²) >= 11 is 6.62. The first-order chi connectivity index (χ1) is 33.3. The van der Waals surface area contributed by atoms with Gasteiger partial charge in [0, 0.05) is 100 Å². The molecular formula is C50H61ClF2N11O4P. The molecule has 1 unspecified atom stereocenters. The van der Waals surface area contributed by atoms with E-state index in [2.05, 4.69) is 64.7 Å². The fourth-order valence-corrected chi connectivity index (χ4v) is 12.1. The molecule has 4 aliphatic heterocycles. The summed E-state index contributed by atoms with van der Waals surface area (Å²) in [6.45, 7) is 14.2. The normalized spacial score (nSPS) is 19.3. The number of fused-ring (bicyclic) bond motifs is 1. The van der Waals surface area contributed by atoms with E-state index < -0.39 is 36.5 Å². The van der Waals surface area contributed by atoms with Crippen molar-refractivity contribution in [1.82, 2.24) is 35.1 Å². The number of imide groups is 1. The zero-order chi connectivity index (χ0) is 48.4. The van der Waals surface area contributed by atoms with E-state index in [1.165, 1.54) is 29.6 Å². The van der Waals surface area contributed by atoms with Crippen molar-refractivity contribution in [3.63, 3.8) is 0 Å². The van der Waals surface area contributed by atoms with Crippen LogP contribution in [0.3, 0.4) is 0 Å². The Kier molecular flexibility index (Phi) is 14.7. The van der Waals surface area contributed by atoms with E-state index >= 15 is 8.78 Å². The number of anilines is 6. The molecule has 0 saturated carbocycles. The third kappa shape index (κ3) is 10.8. The van der Waals surface area contributed by atoms with Crippen molar-refractivity contribution < 1.29 is 27.7 Å². The lowest BCUT2D eigenvalue weighted by Gasteiger charge is -2.44. The first kappa shape index (κ1) is 48.5. The van der Waals surface area contributed by atoms with Crippen LogP contribution in [0.4, 0.5) is 43.3 Å². The van der Waals surface area contributed by atoms with Gasteiger partial charge in [-0.15, -0.1) is 0 Å². The molecule has 0 radical (unpaired) electrons. The van der Waals surface area contributed by atoms with Gasteiger partial charge in [0.1, 0.15) is 35.1 Å². The first-order valence-corrected chi connectivity index (χ1v) is 27.1. The molecule has 5 aromatic rings. The summed E-state index contributed by atoms with van der Waals surface area (Å²) in [6, 6.07) is 11.1. The topological polar surface area (TPSA) is 161 Å². The Balaban J connectivity index is 0.750.